The van der Waals surface area contributed by atoms with Gasteiger partial charge in [0, 0.05) is 17.4 Å². The van der Waals surface area contributed by atoms with Crippen molar-refractivity contribution >= 4 is 8.25 Å². The Labute approximate surface area is 151 Å². The van der Waals surface area contributed by atoms with Crippen molar-refractivity contribution in [1.82, 2.24) is 0 Å². The molecule has 1 aliphatic rings. The van der Waals surface area contributed by atoms with Gasteiger partial charge in [-0.25, -0.2) is 0 Å². The average Bonchev–Trinajstić information content (AvgIpc) is 2.63. The molecular formula is C21H26O3P+. The molecule has 132 valence electrons. The van der Waals surface area contributed by atoms with Crippen molar-refractivity contribution < 1.29 is 14.0 Å². The van der Waals surface area contributed by atoms with Crippen molar-refractivity contribution in [2.75, 3.05) is 0 Å². The second kappa shape index (κ2) is 8.71. The summed E-state index contributed by atoms with van der Waals surface area (Å²) in [6.45, 7) is 0. The molecule has 3 rings (SSSR count). The van der Waals surface area contributed by atoms with E-state index in [2.05, 4.69) is 24.3 Å². The maximum absolute atomic E-state index is 11.8. The number of hydrogen-bond acceptors (Lipinski definition) is 2. The molecule has 0 amide bonds. The SMILES string of the molecule is O=[P+](O)OC(Cc1ccccc1)(Cc1ccccc1)C1CCCCC1. The molecule has 25 heavy (non-hydrogen) atoms. The molecule has 0 saturated heterocycles. The lowest BCUT2D eigenvalue weighted by Crippen LogP contribution is -2.44. The fourth-order valence-corrected chi connectivity index (χ4v) is 4.75. The Kier molecular flexibility index (Phi) is 6.36. The molecule has 0 radical (unpaired) electrons. The molecule has 4 heteroatoms. The summed E-state index contributed by atoms with van der Waals surface area (Å²) < 4.78 is 17.6. The second-order valence-electron chi connectivity index (χ2n) is 7.05. The van der Waals surface area contributed by atoms with E-state index in [1.165, 1.54) is 19.3 Å². The van der Waals surface area contributed by atoms with Gasteiger partial charge in [0.1, 0.15) is 5.60 Å². The van der Waals surface area contributed by atoms with E-state index in [0.717, 1.165) is 24.0 Å². The van der Waals surface area contributed by atoms with Crippen LogP contribution in [0.5, 0.6) is 0 Å². The molecular weight excluding hydrogens is 331 g/mol. The van der Waals surface area contributed by atoms with Gasteiger partial charge >= 0.3 is 8.25 Å². The first-order chi connectivity index (χ1) is 12.2. The molecule has 0 aromatic heterocycles. The third-order valence-electron chi connectivity index (χ3n) is 5.30. The van der Waals surface area contributed by atoms with Crippen molar-refractivity contribution in [3.05, 3.63) is 71.8 Å². The molecule has 1 N–H and O–H groups in total. The van der Waals surface area contributed by atoms with Crippen LogP contribution in [0.2, 0.25) is 0 Å². The van der Waals surface area contributed by atoms with Gasteiger partial charge < -0.3 is 0 Å². The van der Waals surface area contributed by atoms with Crippen molar-refractivity contribution in [2.24, 2.45) is 5.92 Å². The summed E-state index contributed by atoms with van der Waals surface area (Å²) in [5.74, 6) is 0.299. The van der Waals surface area contributed by atoms with E-state index in [0.29, 0.717) is 18.8 Å². The van der Waals surface area contributed by atoms with E-state index in [-0.39, 0.29) is 0 Å². The zero-order valence-corrected chi connectivity index (χ0v) is 15.4. The summed E-state index contributed by atoms with van der Waals surface area (Å²) in [6.07, 6.45) is 7.02. The molecule has 1 aliphatic carbocycles. The van der Waals surface area contributed by atoms with Gasteiger partial charge in [-0.05, 0) is 29.9 Å². The van der Waals surface area contributed by atoms with Crippen LogP contribution in [0, 0.1) is 5.92 Å². The van der Waals surface area contributed by atoms with Gasteiger partial charge in [0.25, 0.3) is 0 Å². The molecule has 3 nitrogen and oxygen atoms in total. The van der Waals surface area contributed by atoms with E-state index >= 15 is 0 Å². The summed E-state index contributed by atoms with van der Waals surface area (Å²) in [7, 11) is -2.66. The zero-order valence-electron chi connectivity index (χ0n) is 14.5. The van der Waals surface area contributed by atoms with Gasteiger partial charge in [0.05, 0.1) is 0 Å². The summed E-state index contributed by atoms with van der Waals surface area (Å²) in [5.41, 5.74) is 1.67. The fourth-order valence-electron chi connectivity index (χ4n) is 4.16. The Morgan fingerprint density at radius 1 is 0.880 bits per heavy atom. The van der Waals surface area contributed by atoms with Crippen molar-refractivity contribution in [3.8, 4) is 0 Å². The first-order valence-corrected chi connectivity index (χ1v) is 10.2. The number of rotatable bonds is 7. The quantitative estimate of drug-likeness (QED) is 0.670. The maximum Gasteiger partial charge on any atom is 0.695 e. The van der Waals surface area contributed by atoms with Crippen LogP contribution in [-0.4, -0.2) is 10.5 Å². The highest BCUT2D eigenvalue weighted by Gasteiger charge is 2.47. The van der Waals surface area contributed by atoms with Crippen LogP contribution >= 0.6 is 8.25 Å². The van der Waals surface area contributed by atoms with Crippen LogP contribution in [0.4, 0.5) is 0 Å². The largest absolute Gasteiger partial charge is 0.695 e. The van der Waals surface area contributed by atoms with Gasteiger partial charge in [-0.2, -0.15) is 0 Å². The summed E-state index contributed by atoms with van der Waals surface area (Å²) in [5, 5.41) is 0. The molecule has 1 saturated carbocycles. The Bertz CT molecular complexity index is 625. The standard InChI is InChI=1S/C21H25O3P/c22-25(23)24-21(20-14-8-3-9-15-20,16-18-10-4-1-5-11-18)17-19-12-6-2-7-13-19/h1-2,4-7,10-13,20H,3,8-9,14-17H2/p+1. The minimum absolute atomic E-state index is 0.299. The number of hydrogen-bond donors (Lipinski definition) is 1. The Morgan fingerprint density at radius 3 is 1.80 bits per heavy atom. The lowest BCUT2D eigenvalue weighted by Gasteiger charge is -2.38. The van der Waals surface area contributed by atoms with E-state index in [1.807, 2.05) is 36.4 Å². The Balaban J connectivity index is 1.96. The average molecular weight is 357 g/mol. The molecule has 0 bridgehead atoms. The van der Waals surface area contributed by atoms with Gasteiger partial charge in [-0.15, -0.1) is 9.42 Å². The molecule has 2 aromatic rings. The van der Waals surface area contributed by atoms with Crippen molar-refractivity contribution in [2.45, 2.75) is 50.5 Å². The first kappa shape index (κ1) is 18.3. The van der Waals surface area contributed by atoms with Gasteiger partial charge in [0.15, 0.2) is 0 Å². The van der Waals surface area contributed by atoms with E-state index in [1.54, 1.807) is 0 Å². The van der Waals surface area contributed by atoms with Crippen molar-refractivity contribution in [1.29, 1.82) is 0 Å². The van der Waals surface area contributed by atoms with Gasteiger partial charge in [0.2, 0.25) is 0 Å². The molecule has 1 atom stereocenters. The fraction of sp³-hybridized carbons (Fsp3) is 0.429. The minimum Gasteiger partial charge on any atom is -0.133 e. The summed E-state index contributed by atoms with van der Waals surface area (Å²) in [6, 6.07) is 20.4. The monoisotopic (exact) mass is 357 g/mol. The molecule has 0 spiro atoms. The van der Waals surface area contributed by atoms with Crippen LogP contribution in [-0.2, 0) is 21.9 Å². The van der Waals surface area contributed by atoms with E-state index in [9.17, 15) is 9.46 Å². The predicted octanol–water partition coefficient (Wildman–Crippen LogP) is 5.46. The highest BCUT2D eigenvalue weighted by atomic mass is 31.1. The van der Waals surface area contributed by atoms with Crippen LogP contribution in [0.15, 0.2) is 60.7 Å². The molecule has 2 aromatic carbocycles. The van der Waals surface area contributed by atoms with Crippen LogP contribution in [0.25, 0.3) is 0 Å². The minimum atomic E-state index is -2.66. The highest BCUT2D eigenvalue weighted by Crippen LogP contribution is 2.44. The van der Waals surface area contributed by atoms with Gasteiger partial charge in [-0.1, -0.05) is 79.9 Å². The Morgan fingerprint density at radius 2 is 1.36 bits per heavy atom. The smallest absolute Gasteiger partial charge is 0.133 e. The van der Waals surface area contributed by atoms with E-state index in [4.69, 9.17) is 4.52 Å². The normalized spacial score (nSPS) is 16.6. The molecule has 0 aliphatic heterocycles. The summed E-state index contributed by atoms with van der Waals surface area (Å²) in [4.78, 5) is 9.66. The van der Waals surface area contributed by atoms with Gasteiger partial charge in [-0.3, -0.25) is 0 Å². The zero-order chi connectivity index (χ0) is 17.5. The number of benzene rings is 2. The predicted molar refractivity (Wildman–Crippen MR) is 101 cm³/mol. The highest BCUT2D eigenvalue weighted by molar-refractivity contribution is 7.32. The van der Waals surface area contributed by atoms with Crippen LogP contribution in [0.3, 0.4) is 0 Å². The third-order valence-corrected chi connectivity index (χ3v) is 5.82. The molecule has 1 unspecified atom stereocenters. The Hall–Kier alpha value is -1.54. The van der Waals surface area contributed by atoms with Crippen LogP contribution in [0.1, 0.15) is 43.2 Å². The molecule has 1 fully saturated rings. The van der Waals surface area contributed by atoms with E-state index < -0.39 is 13.9 Å². The topological polar surface area (TPSA) is 46.5 Å². The second-order valence-corrected chi connectivity index (χ2v) is 7.71. The lowest BCUT2D eigenvalue weighted by molar-refractivity contribution is -0.00998. The first-order valence-electron chi connectivity index (χ1n) is 9.11. The summed E-state index contributed by atoms with van der Waals surface area (Å²) >= 11 is 0. The maximum atomic E-state index is 11.8. The van der Waals surface area contributed by atoms with Crippen molar-refractivity contribution in [3.63, 3.8) is 0 Å². The lowest BCUT2D eigenvalue weighted by atomic mass is 9.71. The molecule has 0 heterocycles. The van der Waals surface area contributed by atoms with Crippen LogP contribution < -0.4 is 0 Å². The third kappa shape index (κ3) is 4.98.